The SMILES string of the molecule is CCCNC1CCN(Cc2noc(C)n2)C1=O. The largest absolute Gasteiger partial charge is 0.340 e. The molecular formula is C11H18N4O2. The molecule has 1 saturated heterocycles. The number of nitrogens with zero attached hydrogens (tertiary/aromatic N) is 3. The van der Waals surface area contributed by atoms with Gasteiger partial charge in [0, 0.05) is 13.5 Å². The standard InChI is InChI=1S/C11H18N4O2/c1-3-5-12-9-4-6-15(11(9)16)7-10-13-8(2)17-14-10/h9,12H,3-7H2,1-2H3. The number of aryl methyl sites for hydroxylation is 1. The Hall–Kier alpha value is -1.43. The first-order chi connectivity index (χ1) is 8.20. The Morgan fingerprint density at radius 3 is 3.06 bits per heavy atom. The van der Waals surface area contributed by atoms with Crippen molar-refractivity contribution in [2.24, 2.45) is 0 Å². The Labute approximate surface area is 100 Å². The van der Waals surface area contributed by atoms with Crippen LogP contribution >= 0.6 is 0 Å². The highest BCUT2D eigenvalue weighted by molar-refractivity contribution is 5.83. The average Bonchev–Trinajstić information content (AvgIpc) is 2.86. The lowest BCUT2D eigenvalue weighted by molar-refractivity contribution is -0.130. The van der Waals surface area contributed by atoms with Crippen LogP contribution in [0, 0.1) is 6.92 Å². The molecule has 1 aromatic heterocycles. The quantitative estimate of drug-likeness (QED) is 0.807. The van der Waals surface area contributed by atoms with Crippen molar-refractivity contribution in [1.29, 1.82) is 0 Å². The lowest BCUT2D eigenvalue weighted by atomic mass is 10.2. The summed E-state index contributed by atoms with van der Waals surface area (Å²) in [6.45, 7) is 5.92. The molecule has 0 bridgehead atoms. The molecule has 2 heterocycles. The lowest BCUT2D eigenvalue weighted by Gasteiger charge is -2.14. The summed E-state index contributed by atoms with van der Waals surface area (Å²) in [6, 6.07) is -0.0389. The van der Waals surface area contributed by atoms with Gasteiger partial charge < -0.3 is 14.7 Å². The number of amides is 1. The maximum Gasteiger partial charge on any atom is 0.240 e. The van der Waals surface area contributed by atoms with Gasteiger partial charge in [0.1, 0.15) is 0 Å². The number of carbonyl (C=O) groups excluding carboxylic acids is 1. The zero-order valence-corrected chi connectivity index (χ0v) is 10.3. The van der Waals surface area contributed by atoms with Gasteiger partial charge in [-0.05, 0) is 19.4 Å². The lowest BCUT2D eigenvalue weighted by Crippen LogP contribution is -2.38. The van der Waals surface area contributed by atoms with Gasteiger partial charge in [-0.3, -0.25) is 4.79 Å². The number of carbonyl (C=O) groups is 1. The van der Waals surface area contributed by atoms with E-state index in [-0.39, 0.29) is 11.9 Å². The molecule has 1 fully saturated rings. The zero-order chi connectivity index (χ0) is 12.3. The molecule has 0 saturated carbocycles. The second-order valence-electron chi connectivity index (χ2n) is 4.28. The Bertz CT molecular complexity index is 391. The van der Waals surface area contributed by atoms with E-state index >= 15 is 0 Å². The van der Waals surface area contributed by atoms with Crippen LogP contribution in [0.15, 0.2) is 4.52 Å². The molecule has 2 rings (SSSR count). The molecule has 1 aliphatic heterocycles. The number of nitrogens with one attached hydrogen (secondary N) is 1. The third-order valence-corrected chi connectivity index (χ3v) is 2.84. The number of hydrogen-bond acceptors (Lipinski definition) is 5. The van der Waals surface area contributed by atoms with E-state index in [1.807, 2.05) is 0 Å². The van der Waals surface area contributed by atoms with E-state index < -0.39 is 0 Å². The minimum Gasteiger partial charge on any atom is -0.340 e. The number of aromatic nitrogens is 2. The third-order valence-electron chi connectivity index (χ3n) is 2.84. The van der Waals surface area contributed by atoms with E-state index in [2.05, 4.69) is 22.4 Å². The average molecular weight is 238 g/mol. The molecule has 6 nitrogen and oxygen atoms in total. The maximum atomic E-state index is 12.0. The van der Waals surface area contributed by atoms with Crippen LogP contribution in [-0.2, 0) is 11.3 Å². The second-order valence-corrected chi connectivity index (χ2v) is 4.28. The summed E-state index contributed by atoms with van der Waals surface area (Å²) >= 11 is 0. The van der Waals surface area contributed by atoms with Crippen molar-refractivity contribution in [3.8, 4) is 0 Å². The highest BCUT2D eigenvalue weighted by atomic mass is 16.5. The highest BCUT2D eigenvalue weighted by Gasteiger charge is 2.31. The van der Waals surface area contributed by atoms with Crippen molar-refractivity contribution >= 4 is 5.91 Å². The predicted octanol–water partition coefficient (Wildman–Crippen LogP) is 0.479. The molecule has 1 N–H and O–H groups in total. The Morgan fingerprint density at radius 2 is 2.41 bits per heavy atom. The van der Waals surface area contributed by atoms with Crippen molar-refractivity contribution in [3.63, 3.8) is 0 Å². The van der Waals surface area contributed by atoms with Gasteiger partial charge in [-0.25, -0.2) is 0 Å². The van der Waals surface area contributed by atoms with Gasteiger partial charge in [0.25, 0.3) is 0 Å². The first-order valence-electron chi connectivity index (χ1n) is 6.02. The van der Waals surface area contributed by atoms with E-state index in [1.165, 1.54) is 0 Å². The smallest absolute Gasteiger partial charge is 0.240 e. The topological polar surface area (TPSA) is 71.3 Å². The van der Waals surface area contributed by atoms with Crippen molar-refractivity contribution in [3.05, 3.63) is 11.7 Å². The van der Waals surface area contributed by atoms with Crippen LogP contribution in [0.2, 0.25) is 0 Å². The number of rotatable bonds is 5. The van der Waals surface area contributed by atoms with Gasteiger partial charge >= 0.3 is 0 Å². The fraction of sp³-hybridized carbons (Fsp3) is 0.727. The monoisotopic (exact) mass is 238 g/mol. The van der Waals surface area contributed by atoms with Crippen LogP contribution in [0.1, 0.15) is 31.5 Å². The molecule has 0 aromatic carbocycles. The van der Waals surface area contributed by atoms with Crippen LogP contribution in [-0.4, -0.2) is 40.1 Å². The van der Waals surface area contributed by atoms with Gasteiger partial charge in [-0.1, -0.05) is 12.1 Å². The third kappa shape index (κ3) is 2.82. The first-order valence-corrected chi connectivity index (χ1v) is 6.02. The Morgan fingerprint density at radius 1 is 1.59 bits per heavy atom. The molecule has 1 amide bonds. The summed E-state index contributed by atoms with van der Waals surface area (Å²) in [5.74, 6) is 1.25. The van der Waals surface area contributed by atoms with E-state index in [0.717, 1.165) is 25.9 Å². The summed E-state index contributed by atoms with van der Waals surface area (Å²) in [5, 5.41) is 7.05. The van der Waals surface area contributed by atoms with Gasteiger partial charge in [0.05, 0.1) is 12.6 Å². The van der Waals surface area contributed by atoms with Crippen LogP contribution in [0.25, 0.3) is 0 Å². The van der Waals surface area contributed by atoms with E-state index in [1.54, 1.807) is 11.8 Å². The van der Waals surface area contributed by atoms with E-state index in [9.17, 15) is 4.79 Å². The molecule has 0 spiro atoms. The second kappa shape index (κ2) is 5.27. The minimum absolute atomic E-state index is 0.0389. The van der Waals surface area contributed by atoms with Gasteiger partial charge in [-0.2, -0.15) is 4.98 Å². The number of likely N-dealkylation sites (tertiary alicyclic amines) is 1. The van der Waals surface area contributed by atoms with Gasteiger partial charge in [0.15, 0.2) is 5.82 Å². The molecule has 0 aliphatic carbocycles. The van der Waals surface area contributed by atoms with Gasteiger partial charge in [-0.15, -0.1) is 0 Å². The fourth-order valence-electron chi connectivity index (χ4n) is 1.98. The summed E-state index contributed by atoms with van der Waals surface area (Å²) in [7, 11) is 0. The summed E-state index contributed by atoms with van der Waals surface area (Å²) in [4.78, 5) is 17.9. The summed E-state index contributed by atoms with van der Waals surface area (Å²) in [5.41, 5.74) is 0. The summed E-state index contributed by atoms with van der Waals surface area (Å²) < 4.78 is 4.89. The molecule has 1 atom stereocenters. The van der Waals surface area contributed by atoms with E-state index in [0.29, 0.717) is 18.3 Å². The fourth-order valence-corrected chi connectivity index (χ4v) is 1.98. The van der Waals surface area contributed by atoms with Crippen molar-refractivity contribution in [2.75, 3.05) is 13.1 Å². The maximum absolute atomic E-state index is 12.0. The van der Waals surface area contributed by atoms with E-state index in [4.69, 9.17) is 4.52 Å². The molecular weight excluding hydrogens is 220 g/mol. The summed E-state index contributed by atoms with van der Waals surface area (Å²) in [6.07, 6.45) is 1.89. The molecule has 1 aromatic rings. The van der Waals surface area contributed by atoms with Crippen LogP contribution in [0.3, 0.4) is 0 Å². The van der Waals surface area contributed by atoms with Crippen LogP contribution in [0.4, 0.5) is 0 Å². The Balaban J connectivity index is 1.89. The van der Waals surface area contributed by atoms with Crippen LogP contribution in [0.5, 0.6) is 0 Å². The molecule has 1 aliphatic rings. The molecule has 1 unspecified atom stereocenters. The zero-order valence-electron chi connectivity index (χ0n) is 10.3. The van der Waals surface area contributed by atoms with Crippen LogP contribution < -0.4 is 5.32 Å². The van der Waals surface area contributed by atoms with Crippen molar-refractivity contribution in [1.82, 2.24) is 20.4 Å². The Kier molecular flexibility index (Phi) is 3.73. The molecule has 94 valence electrons. The van der Waals surface area contributed by atoms with Crippen molar-refractivity contribution in [2.45, 2.75) is 39.3 Å². The molecule has 0 radical (unpaired) electrons. The van der Waals surface area contributed by atoms with Gasteiger partial charge in [0.2, 0.25) is 11.8 Å². The first kappa shape index (κ1) is 12.0. The molecule has 17 heavy (non-hydrogen) atoms. The minimum atomic E-state index is -0.0389. The molecule has 6 heteroatoms. The predicted molar refractivity (Wildman–Crippen MR) is 61.2 cm³/mol. The number of hydrogen-bond donors (Lipinski definition) is 1. The highest BCUT2D eigenvalue weighted by Crippen LogP contribution is 2.13. The normalized spacial score (nSPS) is 20.2. The van der Waals surface area contributed by atoms with Crippen molar-refractivity contribution < 1.29 is 9.32 Å².